The molecule has 24 heavy (non-hydrogen) atoms. The zero-order valence-corrected chi connectivity index (χ0v) is 15.1. The van der Waals surface area contributed by atoms with Gasteiger partial charge in [-0.1, -0.05) is 42.6 Å². The summed E-state index contributed by atoms with van der Waals surface area (Å²) in [6, 6.07) is 5.97. The summed E-state index contributed by atoms with van der Waals surface area (Å²) in [5, 5.41) is 4.11. The average molecular weight is 365 g/mol. The molecule has 1 aliphatic carbocycles. The number of anilines is 2. The van der Waals surface area contributed by atoms with Crippen LogP contribution in [0.3, 0.4) is 0 Å². The van der Waals surface area contributed by atoms with E-state index in [0.29, 0.717) is 21.8 Å². The van der Waals surface area contributed by atoms with Crippen LogP contribution in [0.1, 0.15) is 37.7 Å². The summed E-state index contributed by atoms with van der Waals surface area (Å²) < 4.78 is 0. The molecule has 0 bridgehead atoms. The molecule has 1 heterocycles. The largest absolute Gasteiger partial charge is 0.369 e. The summed E-state index contributed by atoms with van der Waals surface area (Å²) in [6.45, 7) is 1.97. The van der Waals surface area contributed by atoms with Crippen LogP contribution in [0.5, 0.6) is 0 Å². The van der Waals surface area contributed by atoms with E-state index in [-0.39, 0.29) is 11.5 Å². The van der Waals surface area contributed by atoms with Gasteiger partial charge in [-0.2, -0.15) is 4.98 Å². The van der Waals surface area contributed by atoms with Crippen LogP contribution in [0.25, 0.3) is 0 Å². The lowest BCUT2D eigenvalue weighted by Crippen LogP contribution is -2.26. The van der Waals surface area contributed by atoms with Gasteiger partial charge in [-0.05, 0) is 43.5 Å². The van der Waals surface area contributed by atoms with Gasteiger partial charge in [0.05, 0.1) is 0 Å². The first-order valence-corrected chi connectivity index (χ1v) is 9.32. The molecule has 1 aromatic heterocycles. The van der Waals surface area contributed by atoms with Gasteiger partial charge in [0, 0.05) is 16.0 Å². The van der Waals surface area contributed by atoms with E-state index >= 15 is 0 Å². The highest BCUT2D eigenvalue weighted by Gasteiger charge is 2.19. The molecule has 0 saturated heterocycles. The monoisotopic (exact) mass is 364 g/mol. The second-order valence-electron chi connectivity index (χ2n) is 6.12. The topological polar surface area (TPSA) is 83.8 Å². The highest BCUT2D eigenvalue weighted by molar-refractivity contribution is 7.99. The van der Waals surface area contributed by atoms with E-state index in [2.05, 4.69) is 15.3 Å². The number of aryl methyl sites for hydroxylation is 1. The van der Waals surface area contributed by atoms with Gasteiger partial charge in [-0.3, -0.25) is 9.78 Å². The maximum absolute atomic E-state index is 12.4. The van der Waals surface area contributed by atoms with E-state index in [4.69, 9.17) is 17.3 Å². The van der Waals surface area contributed by atoms with E-state index < -0.39 is 0 Å². The molecule has 1 saturated carbocycles. The summed E-state index contributed by atoms with van der Waals surface area (Å²) in [4.78, 5) is 20.9. The number of aromatic nitrogens is 2. The Hall–Kier alpha value is -1.66. The molecular formula is C17H21ClN4OS. The lowest BCUT2D eigenvalue weighted by atomic mass is 9.95. The average Bonchev–Trinajstić information content (AvgIpc) is 2.53. The molecule has 0 spiro atoms. The second-order valence-corrected chi connectivity index (χ2v) is 7.61. The predicted molar refractivity (Wildman–Crippen MR) is 100 cm³/mol. The van der Waals surface area contributed by atoms with Crippen LogP contribution in [0.4, 0.5) is 11.8 Å². The SMILES string of the molecule is Cc1cc(Cl)ccc1Sc1c(NC2CCCCC2)nc(N)[nH]c1=O. The number of rotatable bonds is 4. The normalized spacial score (nSPS) is 15.4. The molecule has 7 heteroatoms. The van der Waals surface area contributed by atoms with Crippen molar-refractivity contribution in [3.05, 3.63) is 39.1 Å². The smallest absolute Gasteiger partial charge is 0.268 e. The maximum Gasteiger partial charge on any atom is 0.268 e. The molecule has 0 unspecified atom stereocenters. The quantitative estimate of drug-likeness (QED) is 0.756. The van der Waals surface area contributed by atoms with E-state index in [1.165, 1.54) is 31.0 Å². The van der Waals surface area contributed by atoms with Crippen LogP contribution in [0.15, 0.2) is 32.8 Å². The molecule has 3 rings (SSSR count). The van der Waals surface area contributed by atoms with Gasteiger partial charge in [0.2, 0.25) is 5.95 Å². The van der Waals surface area contributed by atoms with E-state index in [1.54, 1.807) is 0 Å². The van der Waals surface area contributed by atoms with Crippen LogP contribution < -0.4 is 16.6 Å². The molecule has 2 aromatic rings. The van der Waals surface area contributed by atoms with E-state index in [1.807, 2.05) is 25.1 Å². The number of benzene rings is 1. The highest BCUT2D eigenvalue weighted by atomic mass is 35.5. The lowest BCUT2D eigenvalue weighted by molar-refractivity contribution is 0.461. The fourth-order valence-corrected chi connectivity index (χ4v) is 4.10. The molecule has 5 nitrogen and oxygen atoms in total. The molecule has 1 aliphatic rings. The van der Waals surface area contributed by atoms with Crippen LogP contribution in [-0.2, 0) is 0 Å². The van der Waals surface area contributed by atoms with E-state index in [9.17, 15) is 4.79 Å². The van der Waals surface area contributed by atoms with Crippen molar-refractivity contribution < 1.29 is 0 Å². The zero-order valence-electron chi connectivity index (χ0n) is 13.6. The van der Waals surface area contributed by atoms with Gasteiger partial charge >= 0.3 is 0 Å². The number of nitrogens with two attached hydrogens (primary N) is 1. The number of nitrogens with one attached hydrogen (secondary N) is 2. The van der Waals surface area contributed by atoms with Gasteiger partial charge in [0.25, 0.3) is 5.56 Å². The van der Waals surface area contributed by atoms with Crippen LogP contribution in [0, 0.1) is 6.92 Å². The number of hydrogen-bond donors (Lipinski definition) is 3. The molecule has 4 N–H and O–H groups in total. The second kappa shape index (κ2) is 7.49. The fourth-order valence-electron chi connectivity index (χ4n) is 2.95. The molecule has 1 fully saturated rings. The first-order valence-electron chi connectivity index (χ1n) is 8.13. The summed E-state index contributed by atoms with van der Waals surface area (Å²) >= 11 is 7.40. The number of nitrogen functional groups attached to an aromatic ring is 1. The van der Waals surface area contributed by atoms with Crippen molar-refractivity contribution in [1.29, 1.82) is 0 Å². The maximum atomic E-state index is 12.4. The molecule has 128 valence electrons. The van der Waals surface area contributed by atoms with Gasteiger partial charge in [-0.15, -0.1) is 0 Å². The Balaban J connectivity index is 1.92. The third kappa shape index (κ3) is 4.05. The van der Waals surface area contributed by atoms with Crippen molar-refractivity contribution in [2.24, 2.45) is 0 Å². The Kier molecular flexibility index (Phi) is 5.36. The summed E-state index contributed by atoms with van der Waals surface area (Å²) in [6.07, 6.45) is 5.87. The Morgan fingerprint density at radius 2 is 2.08 bits per heavy atom. The first kappa shape index (κ1) is 17.2. The molecule has 0 amide bonds. The minimum atomic E-state index is -0.222. The van der Waals surface area contributed by atoms with Gasteiger partial charge in [-0.25, -0.2) is 0 Å². The van der Waals surface area contributed by atoms with Crippen molar-refractivity contribution in [1.82, 2.24) is 9.97 Å². The van der Waals surface area contributed by atoms with Crippen molar-refractivity contribution >= 4 is 35.1 Å². The Morgan fingerprint density at radius 1 is 1.33 bits per heavy atom. The third-order valence-corrected chi connectivity index (χ3v) is 5.69. The fraction of sp³-hybridized carbons (Fsp3) is 0.412. The van der Waals surface area contributed by atoms with Crippen molar-refractivity contribution in [3.8, 4) is 0 Å². The summed E-state index contributed by atoms with van der Waals surface area (Å²) in [5.74, 6) is 0.706. The minimum absolute atomic E-state index is 0.135. The van der Waals surface area contributed by atoms with Gasteiger partial charge < -0.3 is 11.1 Å². The minimum Gasteiger partial charge on any atom is -0.369 e. The molecule has 0 aliphatic heterocycles. The van der Waals surface area contributed by atoms with Crippen LogP contribution >= 0.6 is 23.4 Å². The Labute approximate surface area is 150 Å². The standard InChI is InChI=1S/C17H21ClN4OS/c1-10-9-11(18)7-8-13(10)24-14-15(21-17(19)22-16(14)23)20-12-5-3-2-4-6-12/h7-9,12H,2-6H2,1H3,(H4,19,20,21,22,23). The molecular weight excluding hydrogens is 344 g/mol. The lowest BCUT2D eigenvalue weighted by Gasteiger charge is -2.24. The number of aromatic amines is 1. The van der Waals surface area contributed by atoms with Crippen molar-refractivity contribution in [2.75, 3.05) is 11.1 Å². The third-order valence-electron chi connectivity index (χ3n) is 4.19. The number of nitrogens with zero attached hydrogens (tertiary/aromatic N) is 1. The number of H-pyrrole nitrogens is 1. The van der Waals surface area contributed by atoms with Crippen molar-refractivity contribution in [2.45, 2.75) is 54.9 Å². The summed E-state index contributed by atoms with van der Waals surface area (Å²) in [5.41, 5.74) is 6.54. The van der Waals surface area contributed by atoms with Gasteiger partial charge in [0.15, 0.2) is 0 Å². The molecule has 0 atom stereocenters. The van der Waals surface area contributed by atoms with Gasteiger partial charge in [0.1, 0.15) is 10.7 Å². The zero-order chi connectivity index (χ0) is 17.1. The molecule has 0 radical (unpaired) electrons. The molecule has 1 aromatic carbocycles. The predicted octanol–water partition coefficient (Wildman–Crippen LogP) is 4.21. The number of halogens is 1. The van der Waals surface area contributed by atoms with Crippen molar-refractivity contribution in [3.63, 3.8) is 0 Å². The highest BCUT2D eigenvalue weighted by Crippen LogP contribution is 2.34. The van der Waals surface area contributed by atoms with E-state index in [0.717, 1.165) is 23.3 Å². The Morgan fingerprint density at radius 3 is 2.79 bits per heavy atom. The summed E-state index contributed by atoms with van der Waals surface area (Å²) in [7, 11) is 0. The van der Waals surface area contributed by atoms with Crippen LogP contribution in [0.2, 0.25) is 5.02 Å². The number of hydrogen-bond acceptors (Lipinski definition) is 5. The van der Waals surface area contributed by atoms with Crippen LogP contribution in [-0.4, -0.2) is 16.0 Å². The Bertz CT molecular complexity index is 787. The first-order chi connectivity index (χ1) is 11.5.